The number of sulfone groups is 1. The summed E-state index contributed by atoms with van der Waals surface area (Å²) in [5, 5.41) is -0.0997. The molecule has 2 heterocycles. The van der Waals surface area contributed by atoms with Gasteiger partial charge < -0.3 is 16.2 Å². The summed E-state index contributed by atoms with van der Waals surface area (Å²) in [6.07, 6.45) is 3.07. The second-order valence-electron chi connectivity index (χ2n) is 7.90. The fraction of sp³-hybridized carbons (Fsp3) is 0.136. The van der Waals surface area contributed by atoms with Crippen molar-refractivity contribution >= 4 is 43.3 Å². The number of sulfonamides is 1. The van der Waals surface area contributed by atoms with Gasteiger partial charge in [-0.25, -0.2) is 21.6 Å². The highest BCUT2D eigenvalue weighted by atomic mass is 35.5. The van der Waals surface area contributed by atoms with Gasteiger partial charge in [-0.3, -0.25) is 9.78 Å². The van der Waals surface area contributed by atoms with Gasteiger partial charge in [-0.2, -0.15) is 4.99 Å². The number of amides is 1. The number of carbonyl (C=O) groups excluding carboxylic acids is 1. The van der Waals surface area contributed by atoms with Crippen molar-refractivity contribution in [1.29, 1.82) is 0 Å². The molecule has 1 aliphatic rings. The molecule has 4 rings (SSSR count). The van der Waals surface area contributed by atoms with Crippen molar-refractivity contribution in [2.75, 3.05) is 0 Å². The zero-order valence-corrected chi connectivity index (χ0v) is 21.1. The van der Waals surface area contributed by atoms with E-state index in [0.717, 1.165) is 6.07 Å². The van der Waals surface area contributed by atoms with E-state index in [1.165, 1.54) is 24.4 Å². The highest BCUT2D eigenvalue weighted by molar-refractivity contribution is 7.91. The SMILES string of the molecule is Cc1cc(C(=O)N=C(N)N)cc2c1Oc1c(Cl)cc(S(=O)(=O)NCc3cccnc3)cc1CS2(=O)=O. The number of aryl methyl sites for hydroxylation is 1. The van der Waals surface area contributed by atoms with Crippen LogP contribution in [0.1, 0.15) is 27.0 Å². The average Bonchev–Trinajstić information content (AvgIpc) is 2.91. The number of benzene rings is 2. The molecule has 1 aromatic heterocycles. The Bertz CT molecular complexity index is 1620. The molecule has 1 aliphatic heterocycles. The number of hydrogen-bond donors (Lipinski definition) is 3. The Hall–Kier alpha value is -3.52. The number of fused-ring (bicyclic) bond motifs is 2. The summed E-state index contributed by atoms with van der Waals surface area (Å²) in [5.74, 6) is -1.97. The average molecular weight is 550 g/mol. The minimum atomic E-state index is -4.10. The smallest absolute Gasteiger partial charge is 0.280 e. The zero-order chi connectivity index (χ0) is 26.3. The second kappa shape index (κ2) is 9.50. The number of nitrogens with two attached hydrogens (primary N) is 2. The summed E-state index contributed by atoms with van der Waals surface area (Å²) in [7, 11) is -8.17. The number of pyridine rings is 1. The predicted octanol–water partition coefficient (Wildman–Crippen LogP) is 2.02. The molecule has 2 aromatic carbocycles. The van der Waals surface area contributed by atoms with E-state index in [4.69, 9.17) is 27.8 Å². The van der Waals surface area contributed by atoms with Gasteiger partial charge in [-0.05, 0) is 48.4 Å². The van der Waals surface area contributed by atoms with Crippen LogP contribution in [0.2, 0.25) is 5.02 Å². The van der Waals surface area contributed by atoms with Crippen LogP contribution in [0.3, 0.4) is 0 Å². The first-order valence-electron chi connectivity index (χ1n) is 10.3. The summed E-state index contributed by atoms with van der Waals surface area (Å²) in [4.78, 5) is 19.2. The summed E-state index contributed by atoms with van der Waals surface area (Å²) in [6, 6.07) is 8.22. The zero-order valence-electron chi connectivity index (χ0n) is 18.7. The van der Waals surface area contributed by atoms with Crippen molar-refractivity contribution in [3.05, 3.63) is 76.1 Å². The topological polar surface area (TPSA) is 184 Å². The highest BCUT2D eigenvalue weighted by Gasteiger charge is 2.32. The molecule has 0 spiro atoms. The Kier molecular flexibility index (Phi) is 6.75. The van der Waals surface area contributed by atoms with E-state index >= 15 is 0 Å². The number of ether oxygens (including phenoxy) is 1. The van der Waals surface area contributed by atoms with Crippen LogP contribution in [0.25, 0.3) is 0 Å². The summed E-state index contributed by atoms with van der Waals surface area (Å²) < 4.78 is 60.8. The van der Waals surface area contributed by atoms with Crippen molar-refractivity contribution in [3.63, 3.8) is 0 Å². The molecule has 11 nitrogen and oxygen atoms in total. The summed E-state index contributed by atoms with van der Waals surface area (Å²) >= 11 is 6.37. The number of aliphatic imine (C=N–C) groups is 1. The standard InChI is InChI=1S/C22H20ClN5O6S2/c1-12-5-14(21(29)28-22(24)25)7-18-19(12)34-20-15(11-35(18,30)31)6-16(8-17(20)23)36(32,33)27-10-13-3-2-4-26-9-13/h2-9,27H,10-11H2,1H3,(H4,24,25,28,29). The van der Waals surface area contributed by atoms with E-state index in [1.54, 1.807) is 25.3 Å². The van der Waals surface area contributed by atoms with Crippen LogP contribution < -0.4 is 20.9 Å². The lowest BCUT2D eigenvalue weighted by molar-refractivity contribution is 0.100. The van der Waals surface area contributed by atoms with Crippen LogP contribution in [0.15, 0.2) is 63.6 Å². The number of halogens is 1. The fourth-order valence-corrected chi connectivity index (χ4v) is 6.56. The number of nitrogens with zero attached hydrogens (tertiary/aromatic N) is 2. The molecular formula is C22H20ClN5O6S2. The van der Waals surface area contributed by atoms with E-state index in [1.807, 2.05) is 0 Å². The van der Waals surface area contributed by atoms with E-state index in [9.17, 15) is 21.6 Å². The minimum Gasteiger partial charge on any atom is -0.454 e. The second-order valence-corrected chi connectivity index (χ2v) is 12.0. The van der Waals surface area contributed by atoms with Crippen molar-refractivity contribution in [1.82, 2.24) is 9.71 Å². The molecule has 0 saturated heterocycles. The number of rotatable bonds is 5. The van der Waals surface area contributed by atoms with E-state index < -0.39 is 37.5 Å². The first kappa shape index (κ1) is 25.6. The molecule has 3 aromatic rings. The Labute approximate surface area is 212 Å². The van der Waals surface area contributed by atoms with Crippen molar-refractivity contribution in [3.8, 4) is 11.5 Å². The largest absolute Gasteiger partial charge is 0.454 e. The van der Waals surface area contributed by atoms with Crippen LogP contribution >= 0.6 is 11.6 Å². The van der Waals surface area contributed by atoms with Crippen LogP contribution in [0.4, 0.5) is 0 Å². The number of carbonyl (C=O) groups is 1. The van der Waals surface area contributed by atoms with Gasteiger partial charge >= 0.3 is 0 Å². The molecule has 14 heteroatoms. The van der Waals surface area contributed by atoms with Gasteiger partial charge in [0.2, 0.25) is 10.0 Å². The Morgan fingerprint density at radius 2 is 1.97 bits per heavy atom. The molecule has 0 fully saturated rings. The first-order valence-corrected chi connectivity index (χ1v) is 13.8. The molecule has 1 amide bonds. The summed E-state index contributed by atoms with van der Waals surface area (Å²) in [6.45, 7) is 1.51. The molecule has 5 N–H and O–H groups in total. The third-order valence-corrected chi connectivity index (χ3v) is 8.52. The van der Waals surface area contributed by atoms with Crippen LogP contribution in [0, 0.1) is 6.92 Å². The molecule has 0 radical (unpaired) electrons. The maximum atomic E-state index is 13.3. The maximum absolute atomic E-state index is 13.3. The van der Waals surface area contributed by atoms with Gasteiger partial charge in [0.1, 0.15) is 16.4 Å². The lowest BCUT2D eigenvalue weighted by atomic mass is 10.1. The Morgan fingerprint density at radius 1 is 1.22 bits per heavy atom. The Balaban J connectivity index is 1.75. The lowest BCUT2D eigenvalue weighted by Crippen LogP contribution is -2.24. The maximum Gasteiger partial charge on any atom is 0.280 e. The third kappa shape index (κ3) is 5.18. The van der Waals surface area contributed by atoms with Crippen LogP contribution in [-0.4, -0.2) is 33.7 Å². The minimum absolute atomic E-state index is 0.00315. The number of hydrogen-bond acceptors (Lipinski definition) is 7. The fourth-order valence-electron chi connectivity index (χ4n) is 3.56. The molecule has 36 heavy (non-hydrogen) atoms. The monoisotopic (exact) mass is 549 g/mol. The number of aromatic nitrogens is 1. The summed E-state index contributed by atoms with van der Waals surface area (Å²) in [5.41, 5.74) is 11.4. The highest BCUT2D eigenvalue weighted by Crippen LogP contribution is 2.44. The van der Waals surface area contributed by atoms with Crippen molar-refractivity contribution in [2.45, 2.75) is 29.0 Å². The van der Waals surface area contributed by atoms with E-state index in [-0.39, 0.29) is 44.0 Å². The van der Waals surface area contributed by atoms with Gasteiger partial charge in [0.25, 0.3) is 5.91 Å². The van der Waals surface area contributed by atoms with E-state index in [2.05, 4.69) is 14.7 Å². The first-order chi connectivity index (χ1) is 16.9. The van der Waals surface area contributed by atoms with Crippen LogP contribution in [0.5, 0.6) is 11.5 Å². The van der Waals surface area contributed by atoms with E-state index in [0.29, 0.717) is 11.1 Å². The molecule has 0 aliphatic carbocycles. The molecule has 188 valence electrons. The molecular weight excluding hydrogens is 530 g/mol. The van der Waals surface area contributed by atoms with Gasteiger partial charge in [-0.1, -0.05) is 17.7 Å². The predicted molar refractivity (Wildman–Crippen MR) is 132 cm³/mol. The third-order valence-electron chi connectivity index (χ3n) is 5.20. The quantitative estimate of drug-likeness (QED) is 0.316. The Morgan fingerprint density at radius 3 is 2.64 bits per heavy atom. The van der Waals surface area contributed by atoms with Crippen molar-refractivity contribution < 1.29 is 26.4 Å². The molecule has 0 atom stereocenters. The van der Waals surface area contributed by atoms with Crippen molar-refractivity contribution in [2.24, 2.45) is 16.5 Å². The molecule has 0 unspecified atom stereocenters. The number of guanidine groups is 1. The normalized spacial score (nSPS) is 14.1. The molecule has 0 saturated carbocycles. The molecule has 0 bridgehead atoms. The van der Waals surface area contributed by atoms with Gasteiger partial charge in [0.05, 0.1) is 15.7 Å². The van der Waals surface area contributed by atoms with Gasteiger partial charge in [0, 0.05) is 30.1 Å². The lowest BCUT2D eigenvalue weighted by Gasteiger charge is -2.14. The number of nitrogens with one attached hydrogen (secondary N) is 1. The van der Waals surface area contributed by atoms with Gasteiger partial charge in [0.15, 0.2) is 15.8 Å². The van der Waals surface area contributed by atoms with Gasteiger partial charge in [-0.15, -0.1) is 0 Å². The van der Waals surface area contributed by atoms with Crippen LogP contribution in [-0.2, 0) is 32.2 Å².